The van der Waals surface area contributed by atoms with E-state index in [1.165, 1.54) is 11.8 Å². The number of nitrogens with two attached hydrogens (primary N) is 1. The van der Waals surface area contributed by atoms with Gasteiger partial charge in [-0.2, -0.15) is 0 Å². The Kier molecular flexibility index (Phi) is 5.33. The van der Waals surface area contributed by atoms with E-state index in [0.29, 0.717) is 10.7 Å². The maximum absolute atomic E-state index is 12.2. The monoisotopic (exact) mass is 353 g/mol. The number of aromatic nitrogens is 3. The number of rotatable bonds is 4. The summed E-state index contributed by atoms with van der Waals surface area (Å²) in [5.41, 5.74) is 6.25. The predicted octanol–water partition coefficient (Wildman–Crippen LogP) is 2.93. The lowest BCUT2D eigenvalue weighted by Gasteiger charge is -2.25. The van der Waals surface area contributed by atoms with Crippen molar-refractivity contribution in [2.24, 2.45) is 18.2 Å². The van der Waals surface area contributed by atoms with E-state index in [2.05, 4.69) is 15.5 Å². The highest BCUT2D eigenvalue weighted by atomic mass is 35.5. The maximum atomic E-state index is 12.2. The average Bonchev–Trinajstić information content (AvgIpc) is 2.85. The molecule has 1 aromatic carbocycles. The van der Waals surface area contributed by atoms with E-state index in [1.54, 1.807) is 23.0 Å². The van der Waals surface area contributed by atoms with E-state index in [-0.39, 0.29) is 11.3 Å². The lowest BCUT2D eigenvalue weighted by molar-refractivity contribution is -0.119. The van der Waals surface area contributed by atoms with Crippen LogP contribution >= 0.6 is 23.4 Å². The molecule has 1 atom stereocenters. The second kappa shape index (κ2) is 6.90. The molecule has 0 saturated carbocycles. The first-order chi connectivity index (χ1) is 10.7. The van der Waals surface area contributed by atoms with Crippen LogP contribution in [0.15, 0.2) is 34.6 Å². The molecular weight excluding hydrogens is 334 g/mol. The molecule has 6 nitrogen and oxygen atoms in total. The molecule has 0 unspecified atom stereocenters. The normalized spacial score (nSPS) is 13.0. The zero-order chi connectivity index (χ0) is 17.2. The first-order valence-corrected chi connectivity index (χ1v) is 8.26. The highest BCUT2D eigenvalue weighted by Gasteiger charge is 2.27. The van der Waals surface area contributed by atoms with Crippen LogP contribution in [-0.2, 0) is 11.8 Å². The molecule has 0 spiro atoms. The third kappa shape index (κ3) is 4.46. The van der Waals surface area contributed by atoms with Crippen LogP contribution in [0.3, 0.4) is 0 Å². The largest absolute Gasteiger partial charge is 0.325 e. The van der Waals surface area contributed by atoms with Crippen molar-refractivity contribution in [2.75, 3.05) is 5.32 Å². The Labute approximate surface area is 144 Å². The zero-order valence-electron chi connectivity index (χ0n) is 13.5. The molecule has 1 heterocycles. The first kappa shape index (κ1) is 17.8. The van der Waals surface area contributed by atoms with Gasteiger partial charge in [0.05, 0.1) is 11.1 Å². The highest BCUT2D eigenvalue weighted by Crippen LogP contribution is 2.33. The minimum atomic E-state index is -0.603. The Morgan fingerprint density at radius 1 is 1.43 bits per heavy atom. The SMILES string of the molecule is Cn1cnnc1Sc1ccc(NC(=O)[C@@H](N)C(C)(C)C)cc1Cl. The molecule has 0 saturated heterocycles. The smallest absolute Gasteiger partial charge is 0.241 e. The van der Waals surface area contributed by atoms with Crippen LogP contribution in [0.25, 0.3) is 0 Å². The molecule has 3 N–H and O–H groups in total. The van der Waals surface area contributed by atoms with Crippen LogP contribution in [0.1, 0.15) is 20.8 Å². The number of nitrogens with zero attached hydrogens (tertiary/aromatic N) is 3. The van der Waals surface area contributed by atoms with Gasteiger partial charge in [-0.15, -0.1) is 10.2 Å². The third-order valence-corrected chi connectivity index (χ3v) is 4.84. The number of aryl methyl sites for hydroxylation is 1. The summed E-state index contributed by atoms with van der Waals surface area (Å²) in [7, 11) is 1.86. The number of benzene rings is 1. The van der Waals surface area contributed by atoms with Crippen LogP contribution in [-0.4, -0.2) is 26.7 Å². The van der Waals surface area contributed by atoms with Crippen LogP contribution < -0.4 is 11.1 Å². The van der Waals surface area contributed by atoms with E-state index < -0.39 is 6.04 Å². The van der Waals surface area contributed by atoms with Gasteiger partial charge < -0.3 is 15.6 Å². The highest BCUT2D eigenvalue weighted by molar-refractivity contribution is 7.99. The van der Waals surface area contributed by atoms with Gasteiger partial charge in [-0.1, -0.05) is 32.4 Å². The number of anilines is 1. The molecule has 0 aliphatic rings. The average molecular weight is 354 g/mol. The number of carbonyl (C=O) groups excluding carboxylic acids is 1. The fourth-order valence-corrected chi connectivity index (χ4v) is 2.80. The van der Waals surface area contributed by atoms with E-state index in [9.17, 15) is 4.79 Å². The van der Waals surface area contributed by atoms with Crippen molar-refractivity contribution in [3.05, 3.63) is 29.5 Å². The van der Waals surface area contributed by atoms with Gasteiger partial charge in [0.1, 0.15) is 6.33 Å². The van der Waals surface area contributed by atoms with Gasteiger partial charge in [-0.05, 0) is 35.4 Å². The Bertz CT molecular complexity index is 710. The zero-order valence-corrected chi connectivity index (χ0v) is 15.1. The van der Waals surface area contributed by atoms with Crippen LogP contribution in [0, 0.1) is 5.41 Å². The van der Waals surface area contributed by atoms with Gasteiger partial charge in [0.2, 0.25) is 5.91 Å². The summed E-state index contributed by atoms with van der Waals surface area (Å²) in [5, 5.41) is 11.9. The molecule has 1 amide bonds. The van der Waals surface area contributed by atoms with Gasteiger partial charge in [0.15, 0.2) is 5.16 Å². The fraction of sp³-hybridized carbons (Fsp3) is 0.400. The van der Waals surface area contributed by atoms with Crippen molar-refractivity contribution >= 4 is 35.0 Å². The van der Waals surface area contributed by atoms with E-state index >= 15 is 0 Å². The molecule has 1 aromatic heterocycles. The summed E-state index contributed by atoms with van der Waals surface area (Å²) in [5.74, 6) is -0.234. The Balaban J connectivity index is 2.10. The Morgan fingerprint density at radius 3 is 2.65 bits per heavy atom. The minimum Gasteiger partial charge on any atom is -0.325 e. The quantitative estimate of drug-likeness (QED) is 0.882. The molecule has 2 rings (SSSR count). The lowest BCUT2D eigenvalue weighted by atomic mass is 9.87. The number of carbonyl (C=O) groups is 1. The Morgan fingerprint density at radius 2 is 2.13 bits per heavy atom. The van der Waals surface area contributed by atoms with Gasteiger partial charge >= 0.3 is 0 Å². The van der Waals surface area contributed by atoms with Crippen LogP contribution in [0.5, 0.6) is 0 Å². The molecule has 2 aromatic rings. The summed E-state index contributed by atoms with van der Waals surface area (Å²) in [6.45, 7) is 5.76. The number of hydrogen-bond acceptors (Lipinski definition) is 5. The van der Waals surface area contributed by atoms with Crippen molar-refractivity contribution in [1.82, 2.24) is 14.8 Å². The number of halogens is 1. The van der Waals surface area contributed by atoms with Crippen LogP contribution in [0.4, 0.5) is 5.69 Å². The van der Waals surface area contributed by atoms with Gasteiger partial charge in [0, 0.05) is 17.6 Å². The van der Waals surface area contributed by atoms with E-state index in [4.69, 9.17) is 17.3 Å². The van der Waals surface area contributed by atoms with Crippen molar-refractivity contribution < 1.29 is 4.79 Å². The molecule has 8 heteroatoms. The topological polar surface area (TPSA) is 85.8 Å². The second-order valence-corrected chi connectivity index (χ2v) is 7.72. The molecule has 0 aliphatic heterocycles. The third-order valence-electron chi connectivity index (χ3n) is 3.29. The number of amides is 1. The number of nitrogens with one attached hydrogen (secondary N) is 1. The lowest BCUT2D eigenvalue weighted by Crippen LogP contribution is -2.45. The molecular formula is C15H20ClN5OS. The molecule has 23 heavy (non-hydrogen) atoms. The van der Waals surface area contributed by atoms with Crippen LogP contribution in [0.2, 0.25) is 5.02 Å². The van der Waals surface area contributed by atoms with Gasteiger partial charge in [0.25, 0.3) is 0 Å². The molecule has 0 fully saturated rings. The van der Waals surface area contributed by atoms with Crippen molar-refractivity contribution in [3.8, 4) is 0 Å². The number of hydrogen-bond donors (Lipinski definition) is 2. The minimum absolute atomic E-state index is 0.234. The standard InChI is InChI=1S/C15H20ClN5OS/c1-15(2,3)12(17)13(22)19-9-5-6-11(10(16)7-9)23-14-20-18-8-21(14)4/h5-8,12H,17H2,1-4H3,(H,19,22)/t12-/m1/s1. The predicted molar refractivity (Wildman–Crippen MR) is 92.6 cm³/mol. The fourth-order valence-electron chi connectivity index (χ4n) is 1.74. The van der Waals surface area contributed by atoms with Crippen molar-refractivity contribution in [2.45, 2.75) is 36.9 Å². The molecule has 0 aliphatic carbocycles. The van der Waals surface area contributed by atoms with Crippen molar-refractivity contribution in [1.29, 1.82) is 0 Å². The molecule has 0 bridgehead atoms. The summed E-state index contributed by atoms with van der Waals surface area (Å²) < 4.78 is 1.80. The van der Waals surface area contributed by atoms with Crippen molar-refractivity contribution in [3.63, 3.8) is 0 Å². The maximum Gasteiger partial charge on any atom is 0.241 e. The summed E-state index contributed by atoms with van der Waals surface area (Å²) in [6.07, 6.45) is 1.62. The van der Waals surface area contributed by atoms with Gasteiger partial charge in [-0.25, -0.2) is 0 Å². The van der Waals surface area contributed by atoms with E-state index in [0.717, 1.165) is 10.1 Å². The van der Waals surface area contributed by atoms with Gasteiger partial charge in [-0.3, -0.25) is 4.79 Å². The molecule has 0 radical (unpaired) electrons. The Hall–Kier alpha value is -1.57. The molecule has 124 valence electrons. The summed E-state index contributed by atoms with van der Waals surface area (Å²) in [4.78, 5) is 13.0. The first-order valence-electron chi connectivity index (χ1n) is 7.06. The summed E-state index contributed by atoms with van der Waals surface area (Å²) >= 11 is 7.70. The van der Waals surface area contributed by atoms with E-state index in [1.807, 2.05) is 33.9 Å². The second-order valence-electron chi connectivity index (χ2n) is 6.30. The summed E-state index contributed by atoms with van der Waals surface area (Å²) in [6, 6.07) is 4.72.